The van der Waals surface area contributed by atoms with E-state index in [1.54, 1.807) is 0 Å². The molecule has 1 aliphatic heterocycles. The zero-order chi connectivity index (χ0) is 15.2. The lowest BCUT2D eigenvalue weighted by Crippen LogP contribution is -2.34. The number of hydrogen-bond acceptors (Lipinski definition) is 3. The van der Waals surface area contributed by atoms with Crippen molar-refractivity contribution < 1.29 is 9.47 Å². The molecule has 118 valence electrons. The molecule has 0 bridgehead atoms. The van der Waals surface area contributed by atoms with E-state index in [1.165, 1.54) is 18.4 Å². The van der Waals surface area contributed by atoms with Crippen LogP contribution >= 0.6 is 15.9 Å². The smallest absolute Gasteiger partial charge is 0.123 e. The van der Waals surface area contributed by atoms with Crippen molar-refractivity contribution in [2.75, 3.05) is 19.7 Å². The summed E-state index contributed by atoms with van der Waals surface area (Å²) in [6.45, 7) is 9.16. The molecule has 0 amide bonds. The zero-order valence-corrected chi connectivity index (χ0v) is 14.8. The second-order valence-electron chi connectivity index (χ2n) is 6.06. The van der Waals surface area contributed by atoms with E-state index in [-0.39, 0.29) is 6.10 Å². The van der Waals surface area contributed by atoms with Crippen LogP contribution in [0.3, 0.4) is 0 Å². The van der Waals surface area contributed by atoms with Gasteiger partial charge in [-0.15, -0.1) is 0 Å². The molecule has 1 aromatic carbocycles. The molecular formula is C17H26BrNO2. The van der Waals surface area contributed by atoms with Crippen molar-refractivity contribution in [1.29, 1.82) is 0 Å². The summed E-state index contributed by atoms with van der Waals surface area (Å²) in [5.74, 6) is 1.43. The van der Waals surface area contributed by atoms with Crippen LogP contribution < -0.4 is 10.1 Å². The lowest BCUT2D eigenvalue weighted by atomic mass is 10.0. The third kappa shape index (κ3) is 5.28. The molecule has 0 aliphatic carbocycles. The van der Waals surface area contributed by atoms with Crippen molar-refractivity contribution in [2.24, 2.45) is 0 Å². The normalized spacial score (nSPS) is 20.0. The second kappa shape index (κ2) is 8.16. The average Bonchev–Trinajstić information content (AvgIpc) is 2.94. The van der Waals surface area contributed by atoms with E-state index in [0.29, 0.717) is 12.0 Å². The third-order valence-corrected chi connectivity index (χ3v) is 4.24. The van der Waals surface area contributed by atoms with Gasteiger partial charge in [-0.05, 0) is 49.4 Å². The summed E-state index contributed by atoms with van der Waals surface area (Å²) in [5, 5.41) is 3.45. The van der Waals surface area contributed by atoms with E-state index >= 15 is 0 Å². The van der Waals surface area contributed by atoms with Gasteiger partial charge < -0.3 is 14.8 Å². The van der Waals surface area contributed by atoms with Crippen molar-refractivity contribution >= 4 is 15.9 Å². The van der Waals surface area contributed by atoms with Gasteiger partial charge in [0.1, 0.15) is 11.9 Å². The molecule has 0 aromatic heterocycles. The Morgan fingerprint density at radius 1 is 1.38 bits per heavy atom. The molecule has 21 heavy (non-hydrogen) atoms. The number of ether oxygens (including phenoxy) is 2. The van der Waals surface area contributed by atoms with E-state index < -0.39 is 0 Å². The third-order valence-electron chi connectivity index (χ3n) is 3.75. The number of benzene rings is 1. The van der Waals surface area contributed by atoms with Crippen LogP contribution in [0.5, 0.6) is 5.75 Å². The van der Waals surface area contributed by atoms with Gasteiger partial charge in [0.25, 0.3) is 0 Å². The molecule has 1 fully saturated rings. The van der Waals surface area contributed by atoms with Gasteiger partial charge in [-0.1, -0.05) is 29.8 Å². The molecule has 4 heteroatoms. The highest BCUT2D eigenvalue weighted by molar-refractivity contribution is 9.10. The highest BCUT2D eigenvalue weighted by atomic mass is 79.9. The van der Waals surface area contributed by atoms with E-state index in [4.69, 9.17) is 9.47 Å². The van der Waals surface area contributed by atoms with Crippen LogP contribution in [0.1, 0.15) is 45.1 Å². The van der Waals surface area contributed by atoms with E-state index in [0.717, 1.165) is 29.9 Å². The number of nitrogens with one attached hydrogen (secondary N) is 1. The fourth-order valence-corrected chi connectivity index (χ4v) is 2.97. The maximum Gasteiger partial charge on any atom is 0.123 e. The van der Waals surface area contributed by atoms with E-state index in [9.17, 15) is 0 Å². The fourth-order valence-electron chi connectivity index (χ4n) is 2.59. The molecule has 1 N–H and O–H groups in total. The Balaban J connectivity index is 1.82. The first kappa shape index (κ1) is 16.8. The Morgan fingerprint density at radius 2 is 2.19 bits per heavy atom. The summed E-state index contributed by atoms with van der Waals surface area (Å²) in [7, 11) is 0. The van der Waals surface area contributed by atoms with E-state index in [2.05, 4.69) is 54.2 Å². The van der Waals surface area contributed by atoms with Gasteiger partial charge in [-0.2, -0.15) is 0 Å². The van der Waals surface area contributed by atoms with Crippen molar-refractivity contribution in [1.82, 2.24) is 5.32 Å². The first-order valence-electron chi connectivity index (χ1n) is 7.84. The van der Waals surface area contributed by atoms with Crippen molar-refractivity contribution in [2.45, 2.75) is 51.7 Å². The van der Waals surface area contributed by atoms with Gasteiger partial charge >= 0.3 is 0 Å². The Kier molecular flexibility index (Phi) is 6.52. The predicted molar refractivity (Wildman–Crippen MR) is 90.2 cm³/mol. The second-order valence-corrected chi connectivity index (χ2v) is 6.97. The molecule has 1 saturated heterocycles. The van der Waals surface area contributed by atoms with Crippen LogP contribution in [0.15, 0.2) is 22.7 Å². The van der Waals surface area contributed by atoms with Crippen molar-refractivity contribution in [3.63, 3.8) is 0 Å². The summed E-state index contributed by atoms with van der Waals surface area (Å²) in [5.41, 5.74) is 1.25. The van der Waals surface area contributed by atoms with E-state index in [1.807, 2.05) is 6.07 Å². The largest absolute Gasteiger partial charge is 0.489 e. The Hall–Kier alpha value is -0.580. The maximum atomic E-state index is 6.10. The predicted octanol–water partition coefficient (Wildman–Crippen LogP) is 4.11. The van der Waals surface area contributed by atoms with Crippen LogP contribution in [0.4, 0.5) is 0 Å². The number of rotatable bonds is 7. The summed E-state index contributed by atoms with van der Waals surface area (Å²) < 4.78 is 12.8. The molecule has 2 unspecified atom stereocenters. The van der Waals surface area contributed by atoms with Crippen molar-refractivity contribution in [3.05, 3.63) is 28.2 Å². The Morgan fingerprint density at radius 3 is 2.86 bits per heavy atom. The summed E-state index contributed by atoms with van der Waals surface area (Å²) in [4.78, 5) is 0. The van der Waals surface area contributed by atoms with Gasteiger partial charge in [0.2, 0.25) is 0 Å². The maximum absolute atomic E-state index is 6.10. The molecule has 1 heterocycles. The van der Waals surface area contributed by atoms with Crippen LogP contribution in [0.25, 0.3) is 0 Å². The summed E-state index contributed by atoms with van der Waals surface area (Å²) in [6.07, 6.45) is 2.89. The molecule has 0 radical (unpaired) electrons. The summed E-state index contributed by atoms with van der Waals surface area (Å²) in [6, 6.07) is 6.23. The highest BCUT2D eigenvalue weighted by Crippen LogP contribution is 2.30. The fraction of sp³-hybridized carbons (Fsp3) is 0.647. The molecule has 2 atom stereocenters. The number of hydrogen-bond donors (Lipinski definition) is 1. The highest BCUT2D eigenvalue weighted by Gasteiger charge is 2.16. The van der Waals surface area contributed by atoms with Gasteiger partial charge in [0, 0.05) is 24.2 Å². The van der Waals surface area contributed by atoms with Gasteiger partial charge in [0.05, 0.1) is 6.10 Å². The van der Waals surface area contributed by atoms with Crippen LogP contribution in [-0.4, -0.2) is 31.9 Å². The minimum absolute atomic E-state index is 0.144. The molecule has 0 saturated carbocycles. The summed E-state index contributed by atoms with van der Waals surface area (Å²) >= 11 is 3.53. The Labute approximate surface area is 136 Å². The SMILES string of the molecule is CC(CNCC1CCCO1)Oc1ccc(Br)cc1C(C)C. The molecule has 0 spiro atoms. The first-order chi connectivity index (χ1) is 10.1. The lowest BCUT2D eigenvalue weighted by molar-refractivity contribution is 0.106. The van der Waals surface area contributed by atoms with Gasteiger partial charge in [-0.25, -0.2) is 0 Å². The molecule has 1 aliphatic rings. The standard InChI is InChI=1S/C17H26BrNO2/c1-12(2)16-9-14(18)6-7-17(16)21-13(3)10-19-11-15-5-4-8-20-15/h6-7,9,12-13,15,19H,4-5,8,10-11H2,1-3H3. The lowest BCUT2D eigenvalue weighted by Gasteiger charge is -2.20. The molecule has 3 nitrogen and oxygen atoms in total. The van der Waals surface area contributed by atoms with Crippen LogP contribution in [0.2, 0.25) is 0 Å². The minimum atomic E-state index is 0.144. The quantitative estimate of drug-likeness (QED) is 0.798. The zero-order valence-electron chi connectivity index (χ0n) is 13.2. The molecular weight excluding hydrogens is 330 g/mol. The van der Waals surface area contributed by atoms with Crippen LogP contribution in [-0.2, 0) is 4.74 Å². The monoisotopic (exact) mass is 355 g/mol. The topological polar surface area (TPSA) is 30.5 Å². The van der Waals surface area contributed by atoms with Gasteiger partial charge in [-0.3, -0.25) is 0 Å². The number of halogens is 1. The molecule has 2 rings (SSSR count). The minimum Gasteiger partial charge on any atom is -0.489 e. The Bertz CT molecular complexity index is 444. The van der Waals surface area contributed by atoms with Gasteiger partial charge in [0.15, 0.2) is 0 Å². The van der Waals surface area contributed by atoms with Crippen molar-refractivity contribution in [3.8, 4) is 5.75 Å². The average molecular weight is 356 g/mol. The molecule has 1 aromatic rings. The van der Waals surface area contributed by atoms with Crippen LogP contribution in [0, 0.1) is 0 Å². The first-order valence-corrected chi connectivity index (χ1v) is 8.64.